The average Bonchev–Trinajstić information content (AvgIpc) is 2.83. The van der Waals surface area contributed by atoms with E-state index in [0.29, 0.717) is 12.0 Å². The quantitative estimate of drug-likeness (QED) is 0.888. The van der Waals surface area contributed by atoms with Crippen LogP contribution in [0, 0.1) is 5.92 Å². The second-order valence-electron chi connectivity index (χ2n) is 5.40. The second kappa shape index (κ2) is 6.17. The SMILES string of the molecule is CCCc1c(C(=O)O)nnn1C1CCCCC1CC. The molecule has 1 aliphatic carbocycles. The molecule has 0 amide bonds. The lowest BCUT2D eigenvalue weighted by molar-refractivity contribution is 0.0689. The maximum atomic E-state index is 11.2. The summed E-state index contributed by atoms with van der Waals surface area (Å²) < 4.78 is 1.92. The normalized spacial score (nSPS) is 23.5. The highest BCUT2D eigenvalue weighted by molar-refractivity contribution is 5.86. The third kappa shape index (κ3) is 2.80. The molecule has 2 atom stereocenters. The molecule has 5 nitrogen and oxygen atoms in total. The van der Waals surface area contributed by atoms with Crippen molar-refractivity contribution >= 4 is 5.97 Å². The highest BCUT2D eigenvalue weighted by Crippen LogP contribution is 2.36. The van der Waals surface area contributed by atoms with Gasteiger partial charge in [0.25, 0.3) is 0 Å². The van der Waals surface area contributed by atoms with Crippen molar-refractivity contribution in [3.05, 3.63) is 11.4 Å². The van der Waals surface area contributed by atoms with E-state index in [-0.39, 0.29) is 5.69 Å². The van der Waals surface area contributed by atoms with E-state index in [0.717, 1.165) is 31.4 Å². The maximum Gasteiger partial charge on any atom is 0.358 e. The summed E-state index contributed by atoms with van der Waals surface area (Å²) in [6.45, 7) is 4.26. The van der Waals surface area contributed by atoms with Crippen molar-refractivity contribution in [2.75, 3.05) is 0 Å². The van der Waals surface area contributed by atoms with Crippen molar-refractivity contribution < 1.29 is 9.90 Å². The Labute approximate surface area is 114 Å². The van der Waals surface area contributed by atoms with E-state index in [1.54, 1.807) is 0 Å². The number of aromatic carboxylic acids is 1. The Bertz CT molecular complexity index is 442. The van der Waals surface area contributed by atoms with Crippen LogP contribution in [0.5, 0.6) is 0 Å². The van der Waals surface area contributed by atoms with Crippen molar-refractivity contribution in [3.63, 3.8) is 0 Å². The van der Waals surface area contributed by atoms with Gasteiger partial charge in [-0.05, 0) is 25.2 Å². The Morgan fingerprint density at radius 2 is 2.11 bits per heavy atom. The van der Waals surface area contributed by atoms with Crippen LogP contribution >= 0.6 is 0 Å². The fraction of sp³-hybridized carbons (Fsp3) is 0.786. The average molecular weight is 265 g/mol. The van der Waals surface area contributed by atoms with Crippen LogP contribution in [0.15, 0.2) is 0 Å². The van der Waals surface area contributed by atoms with Gasteiger partial charge in [0.2, 0.25) is 0 Å². The van der Waals surface area contributed by atoms with Gasteiger partial charge in [-0.15, -0.1) is 5.10 Å². The monoisotopic (exact) mass is 265 g/mol. The van der Waals surface area contributed by atoms with Gasteiger partial charge in [0.1, 0.15) is 0 Å². The van der Waals surface area contributed by atoms with Gasteiger partial charge in [-0.1, -0.05) is 44.7 Å². The number of rotatable bonds is 5. The summed E-state index contributed by atoms with van der Waals surface area (Å²) in [4.78, 5) is 11.2. The van der Waals surface area contributed by atoms with E-state index in [2.05, 4.69) is 24.2 Å². The molecular weight excluding hydrogens is 242 g/mol. The standard InChI is InChI=1S/C14H23N3O2/c1-3-7-12-13(14(18)19)15-16-17(12)11-9-6-5-8-10(11)4-2/h10-11H,3-9H2,1-2H3,(H,18,19). The Balaban J connectivity index is 2.34. The van der Waals surface area contributed by atoms with Gasteiger partial charge >= 0.3 is 5.97 Å². The van der Waals surface area contributed by atoms with Crippen LogP contribution in [0.25, 0.3) is 0 Å². The third-order valence-corrected chi connectivity index (χ3v) is 4.19. The molecule has 1 heterocycles. The molecule has 0 spiro atoms. The number of carbonyl (C=O) groups is 1. The largest absolute Gasteiger partial charge is 0.476 e. The molecule has 0 bridgehead atoms. The summed E-state index contributed by atoms with van der Waals surface area (Å²) in [5, 5.41) is 17.3. The molecule has 1 aromatic rings. The lowest BCUT2D eigenvalue weighted by Crippen LogP contribution is -2.25. The minimum Gasteiger partial charge on any atom is -0.476 e. The van der Waals surface area contributed by atoms with Crippen LogP contribution in [0.2, 0.25) is 0 Å². The topological polar surface area (TPSA) is 68.0 Å². The molecule has 1 N–H and O–H groups in total. The highest BCUT2D eigenvalue weighted by atomic mass is 16.4. The third-order valence-electron chi connectivity index (χ3n) is 4.19. The molecule has 2 unspecified atom stereocenters. The van der Waals surface area contributed by atoms with E-state index in [4.69, 9.17) is 0 Å². The van der Waals surface area contributed by atoms with Crippen molar-refractivity contribution in [2.45, 2.75) is 64.8 Å². The molecule has 5 heteroatoms. The van der Waals surface area contributed by atoms with Crippen LogP contribution in [0.3, 0.4) is 0 Å². The molecule has 19 heavy (non-hydrogen) atoms. The zero-order chi connectivity index (χ0) is 13.8. The summed E-state index contributed by atoms with van der Waals surface area (Å²) in [6.07, 6.45) is 7.57. The van der Waals surface area contributed by atoms with Gasteiger partial charge in [-0.3, -0.25) is 0 Å². The predicted octanol–water partition coefficient (Wildman–Crippen LogP) is 3.07. The van der Waals surface area contributed by atoms with E-state index in [9.17, 15) is 9.90 Å². The fourth-order valence-electron chi connectivity index (χ4n) is 3.20. The number of carboxylic acid groups (broad SMARTS) is 1. The van der Waals surface area contributed by atoms with Gasteiger partial charge in [-0.2, -0.15) is 0 Å². The summed E-state index contributed by atoms with van der Waals surface area (Å²) in [5.74, 6) is -0.355. The molecular formula is C14H23N3O2. The molecule has 1 aromatic heterocycles. The minimum absolute atomic E-state index is 0.141. The van der Waals surface area contributed by atoms with Gasteiger partial charge in [0.05, 0.1) is 11.7 Å². The Morgan fingerprint density at radius 3 is 2.74 bits per heavy atom. The number of nitrogens with zero attached hydrogens (tertiary/aromatic N) is 3. The smallest absolute Gasteiger partial charge is 0.358 e. The number of hydrogen-bond acceptors (Lipinski definition) is 3. The van der Waals surface area contributed by atoms with Crippen molar-refractivity contribution in [3.8, 4) is 0 Å². The van der Waals surface area contributed by atoms with Crippen molar-refractivity contribution in [1.82, 2.24) is 15.0 Å². The van der Waals surface area contributed by atoms with E-state index < -0.39 is 5.97 Å². The van der Waals surface area contributed by atoms with Crippen LogP contribution in [0.4, 0.5) is 0 Å². The van der Waals surface area contributed by atoms with Crippen LogP contribution < -0.4 is 0 Å². The zero-order valence-corrected chi connectivity index (χ0v) is 11.8. The number of carboxylic acids is 1. The van der Waals surface area contributed by atoms with Gasteiger partial charge in [0.15, 0.2) is 5.69 Å². The molecule has 0 saturated heterocycles. The number of hydrogen-bond donors (Lipinski definition) is 1. The molecule has 1 fully saturated rings. The number of aromatic nitrogens is 3. The van der Waals surface area contributed by atoms with Crippen LogP contribution in [-0.2, 0) is 6.42 Å². The van der Waals surface area contributed by atoms with Gasteiger partial charge in [0, 0.05) is 0 Å². The summed E-state index contributed by atoms with van der Waals surface area (Å²) in [5.41, 5.74) is 0.947. The Hall–Kier alpha value is -1.39. The summed E-state index contributed by atoms with van der Waals surface area (Å²) in [7, 11) is 0. The van der Waals surface area contributed by atoms with Gasteiger partial charge in [-0.25, -0.2) is 9.48 Å². The van der Waals surface area contributed by atoms with Crippen molar-refractivity contribution in [1.29, 1.82) is 0 Å². The van der Waals surface area contributed by atoms with E-state index >= 15 is 0 Å². The summed E-state index contributed by atoms with van der Waals surface area (Å²) in [6, 6.07) is 0.334. The highest BCUT2D eigenvalue weighted by Gasteiger charge is 2.30. The molecule has 2 rings (SSSR count). The molecule has 1 saturated carbocycles. The second-order valence-corrected chi connectivity index (χ2v) is 5.40. The van der Waals surface area contributed by atoms with Crippen molar-refractivity contribution in [2.24, 2.45) is 5.92 Å². The van der Waals surface area contributed by atoms with Crippen LogP contribution in [0.1, 0.15) is 74.6 Å². The van der Waals surface area contributed by atoms with E-state index in [1.165, 1.54) is 19.3 Å². The first-order valence-electron chi connectivity index (χ1n) is 7.36. The maximum absolute atomic E-state index is 11.2. The first kappa shape index (κ1) is 14.0. The molecule has 106 valence electrons. The zero-order valence-electron chi connectivity index (χ0n) is 11.8. The lowest BCUT2D eigenvalue weighted by Gasteiger charge is -2.31. The molecule has 0 aliphatic heterocycles. The van der Waals surface area contributed by atoms with Gasteiger partial charge < -0.3 is 5.11 Å². The Kier molecular flexibility index (Phi) is 4.56. The molecule has 1 aliphatic rings. The minimum atomic E-state index is -0.960. The predicted molar refractivity (Wildman–Crippen MR) is 72.3 cm³/mol. The van der Waals surface area contributed by atoms with Crippen LogP contribution in [-0.4, -0.2) is 26.1 Å². The lowest BCUT2D eigenvalue weighted by atomic mass is 9.83. The fourth-order valence-corrected chi connectivity index (χ4v) is 3.20. The molecule has 0 aromatic carbocycles. The van der Waals surface area contributed by atoms with E-state index in [1.807, 2.05) is 4.68 Å². The first-order chi connectivity index (χ1) is 9.19. The Morgan fingerprint density at radius 1 is 1.37 bits per heavy atom. The summed E-state index contributed by atoms with van der Waals surface area (Å²) >= 11 is 0. The first-order valence-corrected chi connectivity index (χ1v) is 7.36. The molecule has 0 radical (unpaired) electrons.